The first-order valence-corrected chi connectivity index (χ1v) is 17.7. The van der Waals surface area contributed by atoms with Crippen molar-refractivity contribution in [3.8, 4) is 0 Å². The summed E-state index contributed by atoms with van der Waals surface area (Å²) >= 11 is 0. The topological polar surface area (TPSA) is 315 Å². The molecule has 5 rings (SSSR count). The predicted octanol–water partition coefficient (Wildman–Crippen LogP) is 1.71. The second-order valence-electron chi connectivity index (χ2n) is 12.8. The number of unbranched alkanes of at least 4 members (excludes halogenated alkanes) is 2. The molecule has 296 valence electrons. The number of anilines is 4. The summed E-state index contributed by atoms with van der Waals surface area (Å²) in [5, 5.41) is 30.3. The Bertz CT molecular complexity index is 2230. The number of fused-ring (bicyclic) bond motifs is 1. The Morgan fingerprint density at radius 1 is 0.807 bits per heavy atom. The van der Waals surface area contributed by atoms with Gasteiger partial charge in [-0.15, -0.1) is 0 Å². The maximum absolute atomic E-state index is 12.9. The molecule has 57 heavy (non-hydrogen) atoms. The normalized spacial score (nSPS) is 12.7. The second kappa shape index (κ2) is 18.7. The van der Waals surface area contributed by atoms with Crippen molar-refractivity contribution in [1.82, 2.24) is 35.5 Å². The quantitative estimate of drug-likeness (QED) is 0.0496. The van der Waals surface area contributed by atoms with Crippen LogP contribution in [0.25, 0.3) is 11.2 Å². The van der Waals surface area contributed by atoms with Crippen LogP contribution in [0.1, 0.15) is 75.3 Å². The zero-order valence-corrected chi connectivity index (χ0v) is 30.4. The lowest BCUT2D eigenvalue weighted by Crippen LogP contribution is -2.41. The number of hydrogen-bond donors (Lipinski definition) is 8. The van der Waals surface area contributed by atoms with Crippen molar-refractivity contribution in [3.05, 3.63) is 83.2 Å². The number of carboxylic acids is 2. The summed E-state index contributed by atoms with van der Waals surface area (Å²) in [6.07, 6.45) is 5.69. The van der Waals surface area contributed by atoms with E-state index in [0.29, 0.717) is 36.2 Å². The molecule has 1 aliphatic rings. The minimum Gasteiger partial charge on any atom is -0.480 e. The number of nitrogens with one attached hydrogen (secondary N) is 4. The number of carboxylic acid groups (broad SMARTS) is 2. The van der Waals surface area contributed by atoms with Crippen LogP contribution < -0.4 is 32.7 Å². The summed E-state index contributed by atoms with van der Waals surface area (Å²) in [5.74, 6) is -5.07. The van der Waals surface area contributed by atoms with Gasteiger partial charge in [-0.1, -0.05) is 6.42 Å². The Balaban J connectivity index is 1.04. The Morgan fingerprint density at radius 2 is 1.53 bits per heavy atom. The van der Waals surface area contributed by atoms with Gasteiger partial charge in [-0.25, -0.2) is 19.6 Å². The Morgan fingerprint density at radius 3 is 2.23 bits per heavy atom. The van der Waals surface area contributed by atoms with E-state index in [2.05, 4.69) is 41.2 Å². The standard InChI is InChI=1S/C37H39N11O9/c38-31-30-32(47-37(39)46-31)42-19-23(44-30)18-41-21-9-7-20(8-10-21)33(52)45-26(36(56)57)5-4-15-40-34(53)24-12-11-22(17-25(24)35(54)55)43-27(49)6-2-1-3-16-48-28(50)13-14-29(48)51/h7-14,17,19,26,41H,1-6,15-16,18H2,(H,40,53)(H,43,49)(H,45,52)(H,54,55)(H,56,57)(H4,38,39,42,46,47). The number of nitrogens with zero attached hydrogens (tertiary/aromatic N) is 5. The predicted molar refractivity (Wildman–Crippen MR) is 205 cm³/mol. The molecule has 0 saturated carbocycles. The largest absolute Gasteiger partial charge is 0.480 e. The van der Waals surface area contributed by atoms with Crippen LogP contribution in [0, 0.1) is 0 Å². The van der Waals surface area contributed by atoms with E-state index in [-0.39, 0.29) is 96.4 Å². The first kappa shape index (κ1) is 40.7. The molecule has 5 amide bonds. The van der Waals surface area contributed by atoms with E-state index in [1.807, 2.05) is 0 Å². The van der Waals surface area contributed by atoms with Gasteiger partial charge in [0.05, 0.1) is 29.6 Å². The summed E-state index contributed by atoms with van der Waals surface area (Å²) in [5.41, 5.74) is 13.1. The molecule has 0 aliphatic carbocycles. The second-order valence-corrected chi connectivity index (χ2v) is 12.8. The van der Waals surface area contributed by atoms with Crippen LogP contribution in [0.5, 0.6) is 0 Å². The molecule has 1 atom stereocenters. The maximum atomic E-state index is 12.9. The molecule has 20 nitrogen and oxygen atoms in total. The van der Waals surface area contributed by atoms with Crippen molar-refractivity contribution in [3.63, 3.8) is 0 Å². The number of aliphatic carboxylic acids is 1. The van der Waals surface area contributed by atoms with Crippen LogP contribution in [0.15, 0.2) is 60.8 Å². The lowest BCUT2D eigenvalue weighted by molar-refractivity contribution is -0.139. The maximum Gasteiger partial charge on any atom is 0.336 e. The lowest BCUT2D eigenvalue weighted by Gasteiger charge is -2.15. The SMILES string of the molecule is Nc1nc(N)c2nc(CNc3ccc(C(=O)NC(CCCNC(=O)c4ccc(NC(=O)CCCCCN5C(=O)C=CC5=O)cc4C(=O)O)C(=O)O)cc3)cnc2n1. The van der Waals surface area contributed by atoms with Crippen LogP contribution in [0.2, 0.25) is 0 Å². The molecule has 0 bridgehead atoms. The number of amides is 5. The van der Waals surface area contributed by atoms with Gasteiger partial charge < -0.3 is 42.9 Å². The van der Waals surface area contributed by atoms with Crippen LogP contribution >= 0.6 is 0 Å². The van der Waals surface area contributed by atoms with Crippen molar-refractivity contribution in [2.75, 3.05) is 35.2 Å². The lowest BCUT2D eigenvalue weighted by atomic mass is 10.1. The minimum absolute atomic E-state index is 0.0136. The monoisotopic (exact) mass is 781 g/mol. The van der Waals surface area contributed by atoms with E-state index in [1.54, 1.807) is 12.1 Å². The van der Waals surface area contributed by atoms with Gasteiger partial charge in [0.25, 0.3) is 23.6 Å². The molecule has 10 N–H and O–H groups in total. The fraction of sp³-hybridized carbons (Fsp3) is 0.270. The third-order valence-corrected chi connectivity index (χ3v) is 8.64. The molecule has 20 heteroatoms. The van der Waals surface area contributed by atoms with Crippen molar-refractivity contribution < 1.29 is 43.8 Å². The first-order chi connectivity index (χ1) is 27.3. The van der Waals surface area contributed by atoms with Crippen molar-refractivity contribution in [2.45, 2.75) is 51.1 Å². The van der Waals surface area contributed by atoms with Gasteiger partial charge in [0, 0.05) is 48.6 Å². The summed E-state index contributed by atoms with van der Waals surface area (Å²) in [4.78, 5) is 103. The number of carbonyl (C=O) groups is 7. The number of nitrogen functional groups attached to an aromatic ring is 2. The molecule has 0 saturated heterocycles. The zero-order chi connectivity index (χ0) is 41.1. The third kappa shape index (κ3) is 11.0. The van der Waals surface area contributed by atoms with Gasteiger partial charge in [0.1, 0.15) is 6.04 Å². The number of rotatable bonds is 19. The molecule has 1 unspecified atom stereocenters. The van der Waals surface area contributed by atoms with E-state index in [9.17, 15) is 43.8 Å². The summed E-state index contributed by atoms with van der Waals surface area (Å²) in [6, 6.07) is 8.82. The van der Waals surface area contributed by atoms with Gasteiger partial charge in [0.2, 0.25) is 11.9 Å². The van der Waals surface area contributed by atoms with Crippen molar-refractivity contribution in [1.29, 1.82) is 0 Å². The van der Waals surface area contributed by atoms with Gasteiger partial charge in [-0.05, 0) is 68.1 Å². The van der Waals surface area contributed by atoms with Gasteiger partial charge in [-0.2, -0.15) is 9.97 Å². The fourth-order valence-corrected chi connectivity index (χ4v) is 5.71. The van der Waals surface area contributed by atoms with Gasteiger partial charge in [0.15, 0.2) is 17.0 Å². The zero-order valence-electron chi connectivity index (χ0n) is 30.4. The Labute approximate surface area is 324 Å². The number of hydrogen-bond acceptors (Lipinski definition) is 14. The van der Waals surface area contributed by atoms with Crippen molar-refractivity contribution >= 4 is 75.8 Å². The highest BCUT2D eigenvalue weighted by Crippen LogP contribution is 2.19. The molecule has 2 aromatic heterocycles. The average Bonchev–Trinajstić information content (AvgIpc) is 3.50. The highest BCUT2D eigenvalue weighted by atomic mass is 16.4. The minimum atomic E-state index is -1.40. The highest BCUT2D eigenvalue weighted by Gasteiger charge is 2.23. The van der Waals surface area contributed by atoms with E-state index >= 15 is 0 Å². The summed E-state index contributed by atoms with van der Waals surface area (Å²) < 4.78 is 0. The van der Waals surface area contributed by atoms with Crippen molar-refractivity contribution in [2.24, 2.45) is 0 Å². The van der Waals surface area contributed by atoms with Crippen LogP contribution in [-0.2, 0) is 25.7 Å². The smallest absolute Gasteiger partial charge is 0.336 e. The van der Waals surface area contributed by atoms with E-state index < -0.39 is 29.8 Å². The number of nitrogens with two attached hydrogens (primary N) is 2. The number of imide groups is 1. The van der Waals surface area contributed by atoms with Crippen LogP contribution in [0.3, 0.4) is 0 Å². The molecular formula is C37H39N11O9. The van der Waals surface area contributed by atoms with Gasteiger partial charge in [-0.3, -0.25) is 28.9 Å². The average molecular weight is 782 g/mol. The fourth-order valence-electron chi connectivity index (χ4n) is 5.71. The molecule has 4 aromatic rings. The molecular weight excluding hydrogens is 742 g/mol. The molecule has 1 aliphatic heterocycles. The molecule has 3 heterocycles. The Kier molecular flexibility index (Phi) is 13.3. The highest BCUT2D eigenvalue weighted by molar-refractivity contribution is 6.12. The first-order valence-electron chi connectivity index (χ1n) is 17.7. The Hall–Kier alpha value is -7.51. The number of aromatic carboxylic acids is 1. The van der Waals surface area contributed by atoms with Gasteiger partial charge >= 0.3 is 11.9 Å². The third-order valence-electron chi connectivity index (χ3n) is 8.64. The van der Waals surface area contributed by atoms with E-state index in [4.69, 9.17) is 11.5 Å². The van der Waals surface area contributed by atoms with Crippen LogP contribution in [0.4, 0.5) is 23.1 Å². The van der Waals surface area contributed by atoms with Crippen LogP contribution in [-0.4, -0.2) is 95.7 Å². The van der Waals surface area contributed by atoms with E-state index in [1.165, 1.54) is 42.6 Å². The summed E-state index contributed by atoms with van der Waals surface area (Å²) in [7, 11) is 0. The number of aromatic nitrogens is 4. The number of carbonyl (C=O) groups excluding carboxylic acids is 5. The van der Waals surface area contributed by atoms with E-state index in [0.717, 1.165) is 11.0 Å². The summed E-state index contributed by atoms with van der Waals surface area (Å²) in [6.45, 7) is 0.484. The number of benzene rings is 2. The molecule has 0 fully saturated rings. The molecule has 2 aromatic carbocycles. The molecule has 0 radical (unpaired) electrons. The molecule has 0 spiro atoms.